The van der Waals surface area contributed by atoms with Crippen molar-refractivity contribution in [2.75, 3.05) is 0 Å². The predicted molar refractivity (Wildman–Crippen MR) is 106 cm³/mol. The summed E-state index contributed by atoms with van der Waals surface area (Å²) in [6, 6.07) is 15.6. The molecule has 0 aliphatic rings. The maximum atomic E-state index is 9.87. The molecular weight excluding hydrogens is 364 g/mol. The van der Waals surface area contributed by atoms with Gasteiger partial charge in [0.15, 0.2) is 0 Å². The highest BCUT2D eigenvalue weighted by atomic mass is 35.5. The average Bonchev–Trinajstić information content (AvgIpc) is 2.61. The normalized spacial score (nSPS) is 10.7. The van der Waals surface area contributed by atoms with Gasteiger partial charge in [0.25, 0.3) is 0 Å². The van der Waals surface area contributed by atoms with Gasteiger partial charge < -0.3 is 20.1 Å². The maximum absolute atomic E-state index is 9.87. The molecule has 0 spiro atoms. The van der Waals surface area contributed by atoms with Gasteiger partial charge in [-0.2, -0.15) is 0 Å². The number of aryl methyl sites for hydroxylation is 2. The zero-order chi connectivity index (χ0) is 19.4. The van der Waals surface area contributed by atoms with Crippen LogP contribution in [-0.2, 0) is 12.8 Å². The second-order valence-corrected chi connectivity index (χ2v) is 6.90. The zero-order valence-corrected chi connectivity index (χ0v) is 15.7. The predicted octanol–water partition coefficient (Wildman–Crippen LogP) is 5.73. The lowest BCUT2D eigenvalue weighted by Crippen LogP contribution is -1.95. The van der Waals surface area contributed by atoms with Crippen LogP contribution < -0.4 is 4.74 Å². The van der Waals surface area contributed by atoms with Gasteiger partial charge in [0.05, 0.1) is 0 Å². The molecular formula is C22H21ClO4. The number of phenols is 3. The molecule has 0 heterocycles. The molecule has 0 unspecified atom stereocenters. The third kappa shape index (κ3) is 4.86. The van der Waals surface area contributed by atoms with Crippen LogP contribution in [0, 0.1) is 6.92 Å². The van der Waals surface area contributed by atoms with Gasteiger partial charge in [-0.3, -0.25) is 0 Å². The van der Waals surface area contributed by atoms with Crippen LogP contribution in [0.5, 0.6) is 28.7 Å². The molecule has 27 heavy (non-hydrogen) atoms. The van der Waals surface area contributed by atoms with Crippen LogP contribution in [0.25, 0.3) is 0 Å². The van der Waals surface area contributed by atoms with Gasteiger partial charge in [-0.25, -0.2) is 0 Å². The minimum Gasteiger partial charge on any atom is -0.508 e. The lowest BCUT2D eigenvalue weighted by molar-refractivity contribution is 0.418. The fourth-order valence-corrected chi connectivity index (χ4v) is 3.12. The quantitative estimate of drug-likeness (QED) is 0.507. The number of rotatable bonds is 6. The van der Waals surface area contributed by atoms with Crippen molar-refractivity contribution >= 4 is 11.6 Å². The van der Waals surface area contributed by atoms with Crippen LogP contribution in [-0.4, -0.2) is 15.3 Å². The molecule has 0 bridgehead atoms. The molecule has 5 heteroatoms. The Bertz CT molecular complexity index is 913. The molecule has 0 saturated heterocycles. The second-order valence-electron chi connectivity index (χ2n) is 6.46. The summed E-state index contributed by atoms with van der Waals surface area (Å²) >= 11 is 5.88. The number of hydrogen-bond acceptors (Lipinski definition) is 4. The fourth-order valence-electron chi connectivity index (χ4n) is 2.99. The molecule has 3 aromatic carbocycles. The van der Waals surface area contributed by atoms with Crippen molar-refractivity contribution in [1.82, 2.24) is 0 Å². The van der Waals surface area contributed by atoms with Gasteiger partial charge in [0.2, 0.25) is 0 Å². The zero-order valence-electron chi connectivity index (χ0n) is 14.9. The van der Waals surface area contributed by atoms with Crippen LogP contribution in [0.4, 0.5) is 0 Å². The first-order chi connectivity index (χ1) is 12.9. The molecule has 0 radical (unpaired) electrons. The SMILES string of the molecule is Cc1cc(Oc2ccc(Cl)cc2)ccc1CCCc1c(O)cc(O)cc1O. The van der Waals surface area contributed by atoms with E-state index in [9.17, 15) is 15.3 Å². The van der Waals surface area contributed by atoms with E-state index in [1.54, 1.807) is 12.1 Å². The van der Waals surface area contributed by atoms with Crippen LogP contribution in [0.1, 0.15) is 23.1 Å². The molecule has 0 aliphatic carbocycles. The van der Waals surface area contributed by atoms with E-state index >= 15 is 0 Å². The Balaban J connectivity index is 1.62. The van der Waals surface area contributed by atoms with Crippen LogP contribution in [0.2, 0.25) is 5.02 Å². The van der Waals surface area contributed by atoms with E-state index in [1.807, 2.05) is 37.3 Å². The number of phenolic OH excluding ortho intramolecular Hbond substituents is 3. The Morgan fingerprint density at radius 1 is 0.815 bits per heavy atom. The molecule has 3 rings (SSSR count). The van der Waals surface area contributed by atoms with E-state index < -0.39 is 0 Å². The largest absolute Gasteiger partial charge is 0.508 e. The lowest BCUT2D eigenvalue weighted by atomic mass is 9.99. The van der Waals surface area contributed by atoms with Crippen molar-refractivity contribution in [3.63, 3.8) is 0 Å². The fraction of sp³-hybridized carbons (Fsp3) is 0.182. The molecule has 140 valence electrons. The Morgan fingerprint density at radius 3 is 2.07 bits per heavy atom. The first-order valence-corrected chi connectivity index (χ1v) is 9.07. The van der Waals surface area contributed by atoms with Crippen molar-refractivity contribution in [3.8, 4) is 28.7 Å². The Labute approximate surface area is 163 Å². The number of ether oxygens (including phenoxy) is 1. The van der Waals surface area contributed by atoms with Gasteiger partial charge in [0, 0.05) is 22.7 Å². The molecule has 0 aliphatic heterocycles. The summed E-state index contributed by atoms with van der Waals surface area (Å²) in [4.78, 5) is 0. The molecule has 0 amide bonds. The van der Waals surface area contributed by atoms with E-state index in [1.165, 1.54) is 17.7 Å². The molecule has 0 fully saturated rings. The van der Waals surface area contributed by atoms with Gasteiger partial charge in [0.1, 0.15) is 28.7 Å². The lowest BCUT2D eigenvalue weighted by Gasteiger charge is -2.11. The Kier molecular flexibility index (Phi) is 5.77. The van der Waals surface area contributed by atoms with E-state index in [4.69, 9.17) is 16.3 Å². The monoisotopic (exact) mass is 384 g/mol. The Morgan fingerprint density at radius 2 is 1.44 bits per heavy atom. The first-order valence-electron chi connectivity index (χ1n) is 8.69. The summed E-state index contributed by atoms with van der Waals surface area (Å²) in [5.74, 6) is 1.16. The van der Waals surface area contributed by atoms with Crippen LogP contribution in [0.15, 0.2) is 54.6 Å². The summed E-state index contributed by atoms with van der Waals surface area (Å²) in [5.41, 5.74) is 2.74. The van der Waals surface area contributed by atoms with Crippen molar-refractivity contribution in [2.24, 2.45) is 0 Å². The third-order valence-electron chi connectivity index (χ3n) is 4.42. The highest BCUT2D eigenvalue weighted by molar-refractivity contribution is 6.30. The molecule has 3 N–H and O–H groups in total. The molecule has 0 atom stereocenters. The average molecular weight is 385 g/mol. The minimum atomic E-state index is -0.152. The van der Waals surface area contributed by atoms with Crippen molar-refractivity contribution in [2.45, 2.75) is 26.2 Å². The molecule has 4 nitrogen and oxygen atoms in total. The number of halogens is 1. The van der Waals surface area contributed by atoms with E-state index in [2.05, 4.69) is 0 Å². The minimum absolute atomic E-state index is 0.0871. The van der Waals surface area contributed by atoms with Gasteiger partial charge in [-0.05, 0) is 73.7 Å². The number of aromatic hydroxyl groups is 3. The highest BCUT2D eigenvalue weighted by Crippen LogP contribution is 2.33. The smallest absolute Gasteiger partial charge is 0.127 e. The number of hydrogen-bond donors (Lipinski definition) is 3. The van der Waals surface area contributed by atoms with Gasteiger partial charge >= 0.3 is 0 Å². The Hall–Kier alpha value is -2.85. The molecule has 0 aromatic heterocycles. The van der Waals surface area contributed by atoms with Gasteiger partial charge in [-0.15, -0.1) is 0 Å². The summed E-state index contributed by atoms with van der Waals surface area (Å²) in [5, 5.41) is 29.8. The van der Waals surface area contributed by atoms with Crippen molar-refractivity contribution < 1.29 is 20.1 Å². The van der Waals surface area contributed by atoms with Crippen molar-refractivity contribution in [3.05, 3.63) is 76.3 Å². The van der Waals surface area contributed by atoms with Crippen LogP contribution >= 0.6 is 11.6 Å². The maximum Gasteiger partial charge on any atom is 0.127 e. The standard InChI is InChI=1S/C22H21ClO4/c1-14-11-19(27-18-9-6-16(23)7-10-18)8-5-15(14)3-2-4-20-21(25)12-17(24)13-22(20)26/h5-13,24-26H,2-4H2,1H3. The number of benzene rings is 3. The second kappa shape index (κ2) is 8.23. The van der Waals surface area contributed by atoms with Gasteiger partial charge in [-0.1, -0.05) is 17.7 Å². The van der Waals surface area contributed by atoms with Crippen molar-refractivity contribution in [1.29, 1.82) is 0 Å². The summed E-state index contributed by atoms with van der Waals surface area (Å²) in [6.07, 6.45) is 2.07. The third-order valence-corrected chi connectivity index (χ3v) is 4.68. The first kappa shape index (κ1) is 18.9. The van der Waals surface area contributed by atoms with E-state index in [0.717, 1.165) is 29.9 Å². The summed E-state index contributed by atoms with van der Waals surface area (Å²) in [6.45, 7) is 2.03. The molecule has 3 aromatic rings. The summed E-state index contributed by atoms with van der Waals surface area (Å²) < 4.78 is 5.84. The highest BCUT2D eigenvalue weighted by Gasteiger charge is 2.10. The van der Waals surface area contributed by atoms with E-state index in [-0.39, 0.29) is 17.2 Å². The van der Waals surface area contributed by atoms with E-state index in [0.29, 0.717) is 17.0 Å². The summed E-state index contributed by atoms with van der Waals surface area (Å²) in [7, 11) is 0. The van der Waals surface area contributed by atoms with Crippen LogP contribution in [0.3, 0.4) is 0 Å². The topological polar surface area (TPSA) is 69.9 Å². The molecule has 0 saturated carbocycles.